The SMILES string of the molecule is c1ccc(-c2ccccc2-c2ccccc2-c2ccccc2-c2ccc(N(c3ccc(-c4cc5ccccc5c5ccccc45)cc3)c3cccc4c3oc3ccccc34)cc2)cc1. The van der Waals surface area contributed by atoms with Gasteiger partial charge in [-0.15, -0.1) is 0 Å². The lowest BCUT2D eigenvalue weighted by Crippen LogP contribution is -2.10. The van der Waals surface area contributed by atoms with Crippen molar-refractivity contribution in [2.75, 3.05) is 4.90 Å². The number of benzene rings is 11. The molecule has 1 aromatic heterocycles. The Morgan fingerprint density at radius 3 is 1.33 bits per heavy atom. The van der Waals surface area contributed by atoms with Crippen LogP contribution < -0.4 is 4.90 Å². The molecule has 0 spiro atoms. The smallest absolute Gasteiger partial charge is 0.159 e. The number of nitrogens with zero attached hydrogens (tertiary/aromatic N) is 1. The molecule has 0 aliphatic rings. The Labute approximate surface area is 372 Å². The zero-order valence-electron chi connectivity index (χ0n) is 35.0. The van der Waals surface area contributed by atoms with Crippen LogP contribution in [0.5, 0.6) is 0 Å². The highest BCUT2D eigenvalue weighted by Gasteiger charge is 2.21. The van der Waals surface area contributed by atoms with Crippen molar-refractivity contribution < 1.29 is 4.42 Å². The largest absolute Gasteiger partial charge is 0.454 e. The standard InChI is InChI=1S/C62H41NO/c1-2-17-42(18-3-1)48-20-6-8-23-51(48)54-26-11-12-27-55(54)52-24-9-7-21-49(52)43-33-37-46(38-34-43)63(60-31-16-30-58-57-29-14-15-32-61(57)64-62(58)60)47-39-35-44(36-40-47)59-41-45-19-4-5-22-50(45)53-25-10-13-28-56(53)59/h1-41H. The Kier molecular flexibility index (Phi) is 9.20. The second kappa shape index (κ2) is 15.8. The molecule has 0 unspecified atom stereocenters. The van der Waals surface area contributed by atoms with Crippen LogP contribution in [-0.4, -0.2) is 0 Å². The van der Waals surface area contributed by atoms with Crippen molar-refractivity contribution in [1.29, 1.82) is 0 Å². The van der Waals surface area contributed by atoms with Gasteiger partial charge in [-0.3, -0.25) is 0 Å². The molecule has 0 amide bonds. The summed E-state index contributed by atoms with van der Waals surface area (Å²) in [4.78, 5) is 2.33. The molecule has 1 heterocycles. The van der Waals surface area contributed by atoms with E-state index in [4.69, 9.17) is 4.42 Å². The number of fused-ring (bicyclic) bond motifs is 6. The van der Waals surface area contributed by atoms with Crippen molar-refractivity contribution in [2.45, 2.75) is 0 Å². The van der Waals surface area contributed by atoms with Crippen LogP contribution in [-0.2, 0) is 0 Å². The summed E-state index contributed by atoms with van der Waals surface area (Å²) >= 11 is 0. The van der Waals surface area contributed by atoms with Crippen LogP contribution in [0.3, 0.4) is 0 Å². The summed E-state index contributed by atoms with van der Waals surface area (Å²) in [7, 11) is 0. The summed E-state index contributed by atoms with van der Waals surface area (Å²) in [6.07, 6.45) is 0. The third-order valence-corrected chi connectivity index (χ3v) is 12.7. The van der Waals surface area contributed by atoms with Gasteiger partial charge in [0.2, 0.25) is 0 Å². The minimum atomic E-state index is 0.857. The van der Waals surface area contributed by atoms with E-state index in [0.29, 0.717) is 0 Å². The Morgan fingerprint density at radius 1 is 0.266 bits per heavy atom. The molecule has 2 nitrogen and oxygen atoms in total. The van der Waals surface area contributed by atoms with Gasteiger partial charge in [0, 0.05) is 22.1 Å². The number of hydrogen-bond donors (Lipinski definition) is 0. The van der Waals surface area contributed by atoms with Crippen LogP contribution >= 0.6 is 0 Å². The van der Waals surface area contributed by atoms with Crippen LogP contribution in [0, 0.1) is 0 Å². The van der Waals surface area contributed by atoms with Gasteiger partial charge in [-0.05, 0) is 120 Å². The van der Waals surface area contributed by atoms with Crippen molar-refractivity contribution in [3.8, 4) is 55.6 Å². The van der Waals surface area contributed by atoms with Crippen molar-refractivity contribution in [1.82, 2.24) is 0 Å². The topological polar surface area (TPSA) is 16.4 Å². The summed E-state index contributed by atoms with van der Waals surface area (Å²) in [6, 6.07) is 89.5. The van der Waals surface area contributed by atoms with E-state index < -0.39 is 0 Å². The fourth-order valence-corrected chi connectivity index (χ4v) is 9.72. The monoisotopic (exact) mass is 815 g/mol. The molecule has 0 saturated heterocycles. The van der Waals surface area contributed by atoms with Gasteiger partial charge in [0.1, 0.15) is 5.58 Å². The summed E-state index contributed by atoms with van der Waals surface area (Å²) in [5, 5.41) is 7.22. The van der Waals surface area contributed by atoms with Crippen molar-refractivity contribution in [3.63, 3.8) is 0 Å². The lowest BCUT2D eigenvalue weighted by atomic mass is 9.87. The van der Waals surface area contributed by atoms with E-state index in [2.05, 4.69) is 248 Å². The van der Waals surface area contributed by atoms with Crippen molar-refractivity contribution >= 4 is 60.5 Å². The van der Waals surface area contributed by atoms with E-state index in [1.165, 1.54) is 71.6 Å². The first-order valence-electron chi connectivity index (χ1n) is 21.9. The molecule has 0 atom stereocenters. The minimum absolute atomic E-state index is 0.857. The predicted octanol–water partition coefficient (Wildman–Crippen LogP) is 17.7. The number of anilines is 3. The normalized spacial score (nSPS) is 11.4. The Bertz CT molecular complexity index is 3660. The Balaban J connectivity index is 0.975. The third-order valence-electron chi connectivity index (χ3n) is 12.7. The quantitative estimate of drug-likeness (QED) is 0.142. The van der Waals surface area contributed by atoms with Gasteiger partial charge in [0.05, 0.1) is 5.69 Å². The molecule has 0 bridgehead atoms. The first kappa shape index (κ1) is 37.3. The number of furan rings is 1. The van der Waals surface area contributed by atoms with Crippen LogP contribution in [0.4, 0.5) is 17.1 Å². The van der Waals surface area contributed by atoms with Gasteiger partial charge in [-0.1, -0.05) is 206 Å². The van der Waals surface area contributed by atoms with E-state index in [0.717, 1.165) is 44.6 Å². The summed E-state index contributed by atoms with van der Waals surface area (Å²) in [6.45, 7) is 0. The average molecular weight is 816 g/mol. The Morgan fingerprint density at radius 2 is 0.703 bits per heavy atom. The molecule has 12 aromatic rings. The molecule has 0 N–H and O–H groups in total. The zero-order chi connectivity index (χ0) is 42.4. The van der Waals surface area contributed by atoms with Gasteiger partial charge in [-0.25, -0.2) is 0 Å². The van der Waals surface area contributed by atoms with Gasteiger partial charge in [-0.2, -0.15) is 0 Å². The maximum atomic E-state index is 6.69. The van der Waals surface area contributed by atoms with Crippen LogP contribution in [0.15, 0.2) is 253 Å². The van der Waals surface area contributed by atoms with E-state index in [1.807, 2.05) is 6.07 Å². The second-order valence-corrected chi connectivity index (χ2v) is 16.4. The number of para-hydroxylation sites is 2. The fraction of sp³-hybridized carbons (Fsp3) is 0. The molecule has 12 rings (SSSR count). The summed E-state index contributed by atoms with van der Waals surface area (Å²) in [5.74, 6) is 0. The molecule has 0 radical (unpaired) electrons. The van der Waals surface area contributed by atoms with Crippen LogP contribution in [0.25, 0.3) is 99.1 Å². The molecule has 0 aliphatic heterocycles. The average Bonchev–Trinajstić information content (AvgIpc) is 3.76. The highest BCUT2D eigenvalue weighted by molar-refractivity contribution is 6.14. The maximum absolute atomic E-state index is 6.69. The molecule has 2 heteroatoms. The van der Waals surface area contributed by atoms with E-state index in [-0.39, 0.29) is 0 Å². The van der Waals surface area contributed by atoms with Gasteiger partial charge in [0.25, 0.3) is 0 Å². The first-order valence-corrected chi connectivity index (χ1v) is 21.9. The van der Waals surface area contributed by atoms with Gasteiger partial charge < -0.3 is 9.32 Å². The molecular weight excluding hydrogens is 775 g/mol. The second-order valence-electron chi connectivity index (χ2n) is 16.4. The molecular formula is C62H41NO. The highest BCUT2D eigenvalue weighted by atomic mass is 16.3. The van der Waals surface area contributed by atoms with E-state index in [1.54, 1.807) is 0 Å². The van der Waals surface area contributed by atoms with E-state index >= 15 is 0 Å². The molecule has 300 valence electrons. The maximum Gasteiger partial charge on any atom is 0.159 e. The molecule has 64 heavy (non-hydrogen) atoms. The zero-order valence-corrected chi connectivity index (χ0v) is 35.0. The van der Waals surface area contributed by atoms with E-state index in [9.17, 15) is 0 Å². The van der Waals surface area contributed by atoms with Gasteiger partial charge in [0.15, 0.2) is 5.58 Å². The summed E-state index contributed by atoms with van der Waals surface area (Å²) < 4.78 is 6.69. The fourth-order valence-electron chi connectivity index (χ4n) is 9.72. The van der Waals surface area contributed by atoms with Crippen molar-refractivity contribution in [3.05, 3.63) is 249 Å². The summed E-state index contributed by atoms with van der Waals surface area (Å²) in [5.41, 5.74) is 16.7. The number of rotatable bonds is 8. The molecule has 0 fully saturated rings. The minimum Gasteiger partial charge on any atom is -0.454 e. The number of hydrogen-bond acceptors (Lipinski definition) is 2. The first-order chi connectivity index (χ1) is 31.8. The molecule has 0 saturated carbocycles. The van der Waals surface area contributed by atoms with Crippen LogP contribution in [0.2, 0.25) is 0 Å². The van der Waals surface area contributed by atoms with Crippen molar-refractivity contribution in [2.24, 2.45) is 0 Å². The highest BCUT2D eigenvalue weighted by Crippen LogP contribution is 2.45. The lowest BCUT2D eigenvalue weighted by Gasteiger charge is -2.26. The Hall–Kier alpha value is -8.46. The molecule has 0 aliphatic carbocycles. The molecule has 11 aromatic carbocycles. The van der Waals surface area contributed by atoms with Gasteiger partial charge >= 0.3 is 0 Å². The lowest BCUT2D eigenvalue weighted by molar-refractivity contribution is 0.669. The predicted molar refractivity (Wildman–Crippen MR) is 271 cm³/mol. The van der Waals surface area contributed by atoms with Crippen LogP contribution in [0.1, 0.15) is 0 Å². The third kappa shape index (κ3) is 6.44.